The molecule has 3 aromatic rings. The van der Waals surface area contributed by atoms with Crippen LogP contribution in [-0.2, 0) is 17.9 Å². The molecule has 5 rings (SSSR count). The summed E-state index contributed by atoms with van der Waals surface area (Å²) in [5, 5.41) is 12.7. The number of rotatable bonds is 9. The zero-order valence-electron chi connectivity index (χ0n) is 22.5. The average Bonchev–Trinajstić information content (AvgIpc) is 3.49. The fourth-order valence-electron chi connectivity index (χ4n) is 5.62. The minimum atomic E-state index is -0.791. The zero-order chi connectivity index (χ0) is 27.1. The number of oxazole rings is 1. The summed E-state index contributed by atoms with van der Waals surface area (Å²) in [7, 11) is 0. The van der Waals surface area contributed by atoms with E-state index in [0.717, 1.165) is 81.1 Å². The molecular weight excluding hydrogens is 488 g/mol. The molecular formula is C31H38N6O2. The fraction of sp³-hybridized carbons (Fsp3) is 0.452. The Labute approximate surface area is 230 Å². The van der Waals surface area contributed by atoms with Crippen LogP contribution in [0.1, 0.15) is 55.0 Å². The number of nitrogens with zero attached hydrogens (tertiary/aromatic N) is 4. The van der Waals surface area contributed by atoms with E-state index in [-0.39, 0.29) is 12.5 Å². The van der Waals surface area contributed by atoms with Gasteiger partial charge in [-0.1, -0.05) is 67.8 Å². The van der Waals surface area contributed by atoms with Gasteiger partial charge in [0.05, 0.1) is 30.3 Å². The number of piperazine rings is 1. The highest BCUT2D eigenvalue weighted by atomic mass is 16.3. The first kappa shape index (κ1) is 27.1. The number of carbonyl (C=O) groups excluding carboxylic acids is 1. The Hall–Kier alpha value is -3.51. The first-order valence-corrected chi connectivity index (χ1v) is 14.0. The fourth-order valence-corrected chi connectivity index (χ4v) is 5.62. The first-order valence-electron chi connectivity index (χ1n) is 14.0. The molecule has 1 saturated heterocycles. The third kappa shape index (κ3) is 6.93. The summed E-state index contributed by atoms with van der Waals surface area (Å²) in [6.45, 7) is 6.04. The SMILES string of the molecule is N#CC(CNC(=O)C1(N)CCCCC1)c1ccc(-c2ccc(CN3CCN(Cc4ncco4)CC3)cc2)cc1. The topological polar surface area (TPSA) is 111 Å². The Morgan fingerprint density at radius 3 is 2.18 bits per heavy atom. The van der Waals surface area contributed by atoms with Gasteiger partial charge in [-0.05, 0) is 35.1 Å². The molecule has 2 aliphatic rings. The van der Waals surface area contributed by atoms with Crippen LogP contribution in [0.25, 0.3) is 11.1 Å². The zero-order valence-corrected chi connectivity index (χ0v) is 22.5. The van der Waals surface area contributed by atoms with Crippen molar-refractivity contribution in [1.29, 1.82) is 5.26 Å². The number of amides is 1. The highest BCUT2D eigenvalue weighted by Crippen LogP contribution is 2.27. The third-order valence-corrected chi connectivity index (χ3v) is 8.13. The average molecular weight is 527 g/mol. The van der Waals surface area contributed by atoms with Gasteiger partial charge in [-0.2, -0.15) is 5.26 Å². The molecule has 1 unspecified atom stereocenters. The van der Waals surface area contributed by atoms with Crippen LogP contribution in [-0.4, -0.2) is 59.0 Å². The lowest BCUT2D eigenvalue weighted by Crippen LogP contribution is -2.55. The van der Waals surface area contributed by atoms with Crippen LogP contribution in [0, 0.1) is 11.3 Å². The molecule has 2 heterocycles. The van der Waals surface area contributed by atoms with Crippen molar-refractivity contribution in [3.63, 3.8) is 0 Å². The molecule has 1 aromatic heterocycles. The number of carbonyl (C=O) groups is 1. The van der Waals surface area contributed by atoms with Crippen molar-refractivity contribution >= 4 is 5.91 Å². The summed E-state index contributed by atoms with van der Waals surface area (Å²) in [4.78, 5) is 21.8. The van der Waals surface area contributed by atoms with Crippen LogP contribution in [0.5, 0.6) is 0 Å². The highest BCUT2D eigenvalue weighted by molar-refractivity contribution is 5.86. The Balaban J connectivity index is 1.11. The van der Waals surface area contributed by atoms with Gasteiger partial charge >= 0.3 is 0 Å². The van der Waals surface area contributed by atoms with Crippen LogP contribution in [0.4, 0.5) is 0 Å². The number of aromatic nitrogens is 1. The molecule has 0 bridgehead atoms. The molecule has 0 spiro atoms. The third-order valence-electron chi connectivity index (χ3n) is 8.13. The molecule has 1 saturated carbocycles. The molecule has 2 fully saturated rings. The second kappa shape index (κ2) is 12.6. The number of nitrogens with one attached hydrogen (secondary N) is 1. The number of hydrogen-bond acceptors (Lipinski definition) is 7. The van der Waals surface area contributed by atoms with E-state index < -0.39 is 11.5 Å². The van der Waals surface area contributed by atoms with Crippen LogP contribution in [0.3, 0.4) is 0 Å². The lowest BCUT2D eigenvalue weighted by Gasteiger charge is -2.34. The van der Waals surface area contributed by atoms with E-state index in [1.807, 2.05) is 12.1 Å². The monoisotopic (exact) mass is 526 g/mol. The van der Waals surface area contributed by atoms with Crippen molar-refractivity contribution in [2.45, 2.75) is 56.7 Å². The minimum absolute atomic E-state index is 0.132. The van der Waals surface area contributed by atoms with Crippen LogP contribution >= 0.6 is 0 Å². The van der Waals surface area contributed by atoms with E-state index in [2.05, 4.69) is 62.6 Å². The summed E-state index contributed by atoms with van der Waals surface area (Å²) in [6.07, 6.45) is 7.85. The smallest absolute Gasteiger partial charge is 0.240 e. The van der Waals surface area contributed by atoms with Crippen LogP contribution in [0.2, 0.25) is 0 Å². The molecule has 1 aliphatic carbocycles. The predicted molar refractivity (Wildman–Crippen MR) is 150 cm³/mol. The lowest BCUT2D eigenvalue weighted by atomic mass is 9.82. The number of nitriles is 1. The van der Waals surface area contributed by atoms with Gasteiger partial charge in [-0.15, -0.1) is 0 Å². The Bertz CT molecular complexity index is 1240. The van der Waals surface area contributed by atoms with Gasteiger partial charge in [0.15, 0.2) is 0 Å². The standard InChI is InChI=1S/C31H38N6O2/c32-20-28(21-35-30(38)31(33)12-2-1-3-13-31)27-10-8-26(9-11-27)25-6-4-24(5-7-25)22-36-15-17-37(18-16-36)23-29-34-14-19-39-29/h4-11,14,19,28H,1-3,12-13,15-18,21-23,33H2,(H,35,38). The van der Waals surface area contributed by atoms with E-state index in [9.17, 15) is 10.1 Å². The van der Waals surface area contributed by atoms with Gasteiger partial charge in [-0.3, -0.25) is 14.6 Å². The van der Waals surface area contributed by atoms with E-state index in [1.165, 1.54) is 5.56 Å². The summed E-state index contributed by atoms with van der Waals surface area (Å²) in [5.74, 6) is 0.238. The van der Waals surface area contributed by atoms with Gasteiger partial charge in [0.2, 0.25) is 11.8 Å². The van der Waals surface area contributed by atoms with E-state index >= 15 is 0 Å². The maximum Gasteiger partial charge on any atom is 0.240 e. The van der Waals surface area contributed by atoms with Crippen molar-refractivity contribution in [1.82, 2.24) is 20.1 Å². The Morgan fingerprint density at radius 2 is 1.59 bits per heavy atom. The molecule has 0 radical (unpaired) electrons. The maximum atomic E-state index is 12.7. The number of benzene rings is 2. The molecule has 2 aromatic carbocycles. The maximum absolute atomic E-state index is 12.7. The van der Waals surface area contributed by atoms with Crippen LogP contribution in [0.15, 0.2) is 65.4 Å². The van der Waals surface area contributed by atoms with Crippen molar-refractivity contribution in [2.75, 3.05) is 32.7 Å². The molecule has 1 aliphatic heterocycles. The lowest BCUT2D eigenvalue weighted by molar-refractivity contribution is -0.127. The summed E-state index contributed by atoms with van der Waals surface area (Å²) >= 11 is 0. The highest BCUT2D eigenvalue weighted by Gasteiger charge is 2.35. The molecule has 8 heteroatoms. The minimum Gasteiger partial charge on any atom is -0.448 e. The van der Waals surface area contributed by atoms with Crippen molar-refractivity contribution in [3.8, 4) is 17.2 Å². The number of nitrogens with two attached hydrogens (primary N) is 1. The van der Waals surface area contributed by atoms with E-state index in [1.54, 1.807) is 12.5 Å². The summed E-state index contributed by atoms with van der Waals surface area (Å²) in [6, 6.07) is 19.1. The second-order valence-corrected chi connectivity index (χ2v) is 10.9. The molecule has 1 atom stereocenters. The number of hydrogen-bond donors (Lipinski definition) is 2. The van der Waals surface area contributed by atoms with Gasteiger partial charge in [0.1, 0.15) is 6.26 Å². The van der Waals surface area contributed by atoms with Gasteiger partial charge < -0.3 is 15.5 Å². The molecule has 3 N–H and O–H groups in total. The largest absolute Gasteiger partial charge is 0.448 e. The van der Waals surface area contributed by atoms with Gasteiger partial charge in [0, 0.05) is 39.3 Å². The normalized spacial score (nSPS) is 18.8. The van der Waals surface area contributed by atoms with Crippen molar-refractivity contribution < 1.29 is 9.21 Å². The Morgan fingerprint density at radius 1 is 0.974 bits per heavy atom. The van der Waals surface area contributed by atoms with E-state index in [4.69, 9.17) is 10.2 Å². The first-order chi connectivity index (χ1) is 19.0. The predicted octanol–water partition coefficient (Wildman–Crippen LogP) is 4.04. The Kier molecular flexibility index (Phi) is 8.72. The van der Waals surface area contributed by atoms with Gasteiger partial charge in [0.25, 0.3) is 0 Å². The van der Waals surface area contributed by atoms with Crippen LogP contribution < -0.4 is 11.1 Å². The van der Waals surface area contributed by atoms with E-state index in [0.29, 0.717) is 12.8 Å². The second-order valence-electron chi connectivity index (χ2n) is 10.9. The van der Waals surface area contributed by atoms with Crippen molar-refractivity contribution in [3.05, 3.63) is 78.0 Å². The summed E-state index contributed by atoms with van der Waals surface area (Å²) in [5.41, 5.74) is 9.99. The quantitative estimate of drug-likeness (QED) is 0.433. The molecule has 1 amide bonds. The molecule has 39 heavy (non-hydrogen) atoms. The summed E-state index contributed by atoms with van der Waals surface area (Å²) < 4.78 is 5.37. The molecule has 8 nitrogen and oxygen atoms in total. The molecule has 204 valence electrons. The van der Waals surface area contributed by atoms with Crippen molar-refractivity contribution in [2.24, 2.45) is 5.73 Å². The van der Waals surface area contributed by atoms with Gasteiger partial charge in [-0.25, -0.2) is 4.98 Å².